The van der Waals surface area contributed by atoms with Crippen molar-refractivity contribution in [2.45, 2.75) is 180 Å². The Hall–Kier alpha value is -2.85. The second kappa shape index (κ2) is 43.2. The van der Waals surface area contributed by atoms with Gasteiger partial charge in [0.25, 0.3) is 0 Å². The third-order valence-corrected chi connectivity index (χ3v) is 9.97. The third kappa shape index (κ3) is 43.1. The van der Waals surface area contributed by atoms with Gasteiger partial charge in [0.15, 0.2) is 6.10 Å². The van der Waals surface area contributed by atoms with Gasteiger partial charge in [-0.1, -0.05) is 150 Å². The number of carbonyl (C=O) groups is 2. The zero-order valence-corrected chi connectivity index (χ0v) is 37.6. The minimum atomic E-state index is -4.65. The molecule has 3 N–H and O–H groups in total. The molecule has 10 nitrogen and oxygen atoms in total. The van der Waals surface area contributed by atoms with Crippen LogP contribution in [0.15, 0.2) is 85.1 Å². The van der Waals surface area contributed by atoms with Crippen LogP contribution in [0.4, 0.5) is 0 Å². The van der Waals surface area contributed by atoms with Crippen LogP contribution in [0.3, 0.4) is 0 Å². The standard InChI is InChI=1S/C48H81O10P/c1-3-5-7-9-11-13-15-17-19-21-22-24-25-27-29-31-33-35-37-39-47(51)55-43-46(44-57-59(53,54)56-42-45(50)41-49)58-48(52)40-38-36-34-32-30-28-26-23-20-18-16-14-12-10-8-6-4-2/h11,13,17-20,22,24,26-29,32,34,45-46,49-50H,3-10,12,14-16,21,23,25,30-31,33,35-44H2,1-2H3,(H,53,54)/b13-11+,19-17+,20-18+,24-22+,28-26+,29-27+,34-32+/t45-,46+/m0/s1. The number of phosphoric ester groups is 1. The maximum absolute atomic E-state index is 12.6. The molecule has 59 heavy (non-hydrogen) atoms. The molecule has 0 heterocycles. The molecule has 338 valence electrons. The number of rotatable bonds is 41. The summed E-state index contributed by atoms with van der Waals surface area (Å²) in [6, 6.07) is 0. The van der Waals surface area contributed by atoms with Crippen molar-refractivity contribution < 1.29 is 47.8 Å². The average Bonchev–Trinajstić information content (AvgIpc) is 3.22. The molecular formula is C48H81O10P. The number of hydrogen-bond donors (Lipinski definition) is 3. The van der Waals surface area contributed by atoms with Crippen LogP contribution >= 0.6 is 7.82 Å². The number of hydrogen-bond acceptors (Lipinski definition) is 9. The van der Waals surface area contributed by atoms with Gasteiger partial charge in [-0.2, -0.15) is 0 Å². The molecule has 0 spiro atoms. The summed E-state index contributed by atoms with van der Waals surface area (Å²) < 4.78 is 32.6. The Balaban J connectivity index is 4.44. The van der Waals surface area contributed by atoms with Crippen molar-refractivity contribution in [3.8, 4) is 0 Å². The third-order valence-electron chi connectivity index (χ3n) is 9.02. The van der Waals surface area contributed by atoms with Crippen LogP contribution in [-0.2, 0) is 32.7 Å². The Morgan fingerprint density at radius 3 is 1.41 bits per heavy atom. The summed E-state index contributed by atoms with van der Waals surface area (Å²) in [7, 11) is -4.65. The Morgan fingerprint density at radius 2 is 0.898 bits per heavy atom. The lowest BCUT2D eigenvalue weighted by Crippen LogP contribution is -2.29. The van der Waals surface area contributed by atoms with Crippen molar-refractivity contribution in [1.82, 2.24) is 0 Å². The van der Waals surface area contributed by atoms with Crippen molar-refractivity contribution in [1.29, 1.82) is 0 Å². The molecule has 0 aromatic heterocycles. The van der Waals surface area contributed by atoms with Crippen LogP contribution in [0.2, 0.25) is 0 Å². The highest BCUT2D eigenvalue weighted by atomic mass is 31.2. The Morgan fingerprint density at radius 1 is 0.508 bits per heavy atom. The molecule has 0 rings (SSSR count). The van der Waals surface area contributed by atoms with E-state index in [0.717, 1.165) is 57.8 Å². The maximum Gasteiger partial charge on any atom is 0.472 e. The Kier molecular flexibility index (Phi) is 41.2. The SMILES string of the molecule is CCCCC/C=C/C/C=C/C/C=C/C/C=C/CCCCCC(=O)OC[C@H](COP(=O)(O)OC[C@@H](O)CO)OC(=O)CCC/C=C/C/C=C/C/C=C/CCCCCCCC. The molecule has 11 heteroatoms. The topological polar surface area (TPSA) is 149 Å². The summed E-state index contributed by atoms with van der Waals surface area (Å²) in [5.74, 6) is -1.03. The summed E-state index contributed by atoms with van der Waals surface area (Å²) in [5, 5.41) is 18.3. The summed E-state index contributed by atoms with van der Waals surface area (Å²) in [5.41, 5.74) is 0. The molecule has 0 aliphatic rings. The van der Waals surface area contributed by atoms with Gasteiger partial charge in [-0.15, -0.1) is 0 Å². The van der Waals surface area contributed by atoms with Gasteiger partial charge in [0, 0.05) is 12.8 Å². The molecule has 0 aromatic rings. The van der Waals surface area contributed by atoms with Gasteiger partial charge < -0.3 is 24.6 Å². The molecule has 0 saturated carbocycles. The van der Waals surface area contributed by atoms with Crippen molar-refractivity contribution in [3.05, 3.63) is 85.1 Å². The number of aliphatic hydroxyl groups excluding tert-OH is 2. The normalized spacial score (nSPS) is 14.6. The minimum absolute atomic E-state index is 0.101. The number of phosphoric acid groups is 1. The van der Waals surface area contributed by atoms with E-state index in [-0.39, 0.29) is 19.4 Å². The lowest BCUT2D eigenvalue weighted by Gasteiger charge is -2.20. The molecule has 0 saturated heterocycles. The molecule has 0 bridgehead atoms. The van der Waals surface area contributed by atoms with E-state index in [2.05, 4.69) is 97.4 Å². The van der Waals surface area contributed by atoms with E-state index in [1.54, 1.807) is 0 Å². The zero-order valence-electron chi connectivity index (χ0n) is 36.7. The van der Waals surface area contributed by atoms with Crippen LogP contribution in [0.5, 0.6) is 0 Å². The van der Waals surface area contributed by atoms with Crippen molar-refractivity contribution in [2.24, 2.45) is 0 Å². The number of unbranched alkanes of at least 4 members (excludes halogenated alkanes) is 13. The maximum atomic E-state index is 12.6. The van der Waals surface area contributed by atoms with Crippen molar-refractivity contribution >= 4 is 19.8 Å². The summed E-state index contributed by atoms with van der Waals surface area (Å²) >= 11 is 0. The first kappa shape index (κ1) is 56.1. The summed E-state index contributed by atoms with van der Waals surface area (Å²) in [4.78, 5) is 35.0. The van der Waals surface area contributed by atoms with Gasteiger partial charge in [-0.05, 0) is 89.9 Å². The van der Waals surface area contributed by atoms with Gasteiger partial charge in [0.05, 0.1) is 19.8 Å². The van der Waals surface area contributed by atoms with Crippen LogP contribution in [0, 0.1) is 0 Å². The lowest BCUT2D eigenvalue weighted by atomic mass is 10.1. The number of allylic oxidation sites excluding steroid dienone is 14. The molecule has 3 atom stereocenters. The fourth-order valence-electron chi connectivity index (χ4n) is 5.52. The molecule has 0 aromatic carbocycles. The fourth-order valence-corrected chi connectivity index (χ4v) is 6.31. The second-order valence-corrected chi connectivity index (χ2v) is 16.2. The van der Waals surface area contributed by atoms with Crippen LogP contribution in [-0.4, -0.2) is 65.7 Å². The Labute approximate surface area is 358 Å². The van der Waals surface area contributed by atoms with Gasteiger partial charge >= 0.3 is 19.8 Å². The van der Waals surface area contributed by atoms with Gasteiger partial charge in [0.1, 0.15) is 12.7 Å². The lowest BCUT2D eigenvalue weighted by molar-refractivity contribution is -0.161. The molecule has 0 aliphatic heterocycles. The number of ether oxygens (including phenoxy) is 2. The number of esters is 2. The molecule has 0 aliphatic carbocycles. The van der Waals surface area contributed by atoms with Crippen LogP contribution in [0.25, 0.3) is 0 Å². The molecule has 0 fully saturated rings. The van der Waals surface area contributed by atoms with E-state index in [9.17, 15) is 24.2 Å². The van der Waals surface area contributed by atoms with E-state index in [1.165, 1.54) is 64.2 Å². The summed E-state index contributed by atoms with van der Waals surface area (Å²) in [6.07, 6.45) is 51.3. The smallest absolute Gasteiger partial charge is 0.462 e. The summed E-state index contributed by atoms with van der Waals surface area (Å²) in [6.45, 7) is 2.24. The minimum Gasteiger partial charge on any atom is -0.462 e. The van der Waals surface area contributed by atoms with E-state index in [1.807, 2.05) is 6.08 Å². The highest BCUT2D eigenvalue weighted by Crippen LogP contribution is 2.43. The van der Waals surface area contributed by atoms with Crippen LogP contribution < -0.4 is 0 Å². The van der Waals surface area contributed by atoms with Gasteiger partial charge in [0.2, 0.25) is 0 Å². The van der Waals surface area contributed by atoms with Gasteiger partial charge in [-0.3, -0.25) is 18.6 Å². The van der Waals surface area contributed by atoms with E-state index >= 15 is 0 Å². The number of aliphatic hydroxyl groups is 2. The second-order valence-electron chi connectivity index (χ2n) is 14.7. The largest absolute Gasteiger partial charge is 0.472 e. The first-order chi connectivity index (χ1) is 28.7. The quantitative estimate of drug-likeness (QED) is 0.0235. The van der Waals surface area contributed by atoms with Crippen LogP contribution in [0.1, 0.15) is 168 Å². The first-order valence-corrected chi connectivity index (χ1v) is 24.0. The molecule has 1 unspecified atom stereocenters. The predicted octanol–water partition coefficient (Wildman–Crippen LogP) is 12.2. The van der Waals surface area contributed by atoms with Gasteiger partial charge in [-0.25, -0.2) is 4.57 Å². The molecular weight excluding hydrogens is 767 g/mol. The van der Waals surface area contributed by atoms with E-state index in [0.29, 0.717) is 19.3 Å². The van der Waals surface area contributed by atoms with Crippen molar-refractivity contribution in [3.63, 3.8) is 0 Å². The highest BCUT2D eigenvalue weighted by Gasteiger charge is 2.27. The van der Waals surface area contributed by atoms with Crippen molar-refractivity contribution in [2.75, 3.05) is 26.4 Å². The molecule has 0 radical (unpaired) electrons. The average molecular weight is 849 g/mol. The highest BCUT2D eigenvalue weighted by molar-refractivity contribution is 7.47. The number of carbonyl (C=O) groups excluding carboxylic acids is 2. The monoisotopic (exact) mass is 849 g/mol. The fraction of sp³-hybridized carbons (Fsp3) is 0.667. The van der Waals surface area contributed by atoms with E-state index in [4.69, 9.17) is 19.1 Å². The molecule has 0 amide bonds. The first-order valence-electron chi connectivity index (χ1n) is 22.5. The predicted molar refractivity (Wildman–Crippen MR) is 242 cm³/mol. The van der Waals surface area contributed by atoms with E-state index < -0.39 is 51.8 Å². The zero-order chi connectivity index (χ0) is 43.3. The Bertz CT molecular complexity index is 1250.